The highest BCUT2D eigenvalue weighted by atomic mass is 16.1. The molecule has 0 aromatic carbocycles. The molecule has 3 rings (SSSR count). The summed E-state index contributed by atoms with van der Waals surface area (Å²) in [4.78, 5) is 23.1. The zero-order valence-corrected chi connectivity index (χ0v) is 15.7. The lowest BCUT2D eigenvalue weighted by Gasteiger charge is -2.35. The predicted octanol–water partition coefficient (Wildman–Crippen LogP) is 3.36. The van der Waals surface area contributed by atoms with Gasteiger partial charge < -0.3 is 5.73 Å². The van der Waals surface area contributed by atoms with Crippen LogP contribution in [-0.2, 0) is 17.8 Å². The SMILES string of the molecule is CC(C)c1cccnc1CN(CCC(N)=O)[C@H]1CCCc2cccnc21. The number of nitrogens with zero attached hydrogens (tertiary/aromatic N) is 3. The van der Waals surface area contributed by atoms with Gasteiger partial charge in [0.05, 0.1) is 17.4 Å². The van der Waals surface area contributed by atoms with Crippen molar-refractivity contribution in [2.75, 3.05) is 6.54 Å². The fourth-order valence-electron chi connectivity index (χ4n) is 3.84. The second kappa shape index (κ2) is 8.41. The van der Waals surface area contributed by atoms with Crippen LogP contribution in [-0.4, -0.2) is 27.3 Å². The Morgan fingerprint density at radius 3 is 2.81 bits per heavy atom. The maximum atomic E-state index is 11.4. The molecule has 1 atom stereocenters. The quantitative estimate of drug-likeness (QED) is 0.829. The number of carbonyl (C=O) groups excluding carboxylic acids is 1. The van der Waals surface area contributed by atoms with Gasteiger partial charge in [-0.15, -0.1) is 0 Å². The maximum absolute atomic E-state index is 11.4. The lowest BCUT2D eigenvalue weighted by Crippen LogP contribution is -2.35. The smallest absolute Gasteiger partial charge is 0.218 e. The van der Waals surface area contributed by atoms with Crippen LogP contribution in [0.2, 0.25) is 0 Å². The second-order valence-corrected chi connectivity index (χ2v) is 7.34. The summed E-state index contributed by atoms with van der Waals surface area (Å²) in [5, 5.41) is 0. The minimum atomic E-state index is -0.267. The van der Waals surface area contributed by atoms with Crippen LogP contribution in [0.15, 0.2) is 36.7 Å². The molecular weight excluding hydrogens is 324 g/mol. The number of primary amides is 1. The number of nitrogens with two attached hydrogens (primary N) is 1. The molecule has 2 N–H and O–H groups in total. The average Bonchev–Trinajstić information content (AvgIpc) is 2.65. The minimum Gasteiger partial charge on any atom is -0.370 e. The summed E-state index contributed by atoms with van der Waals surface area (Å²) in [7, 11) is 0. The number of pyridine rings is 2. The van der Waals surface area contributed by atoms with Crippen molar-refractivity contribution in [1.82, 2.24) is 14.9 Å². The summed E-state index contributed by atoms with van der Waals surface area (Å²) in [6, 6.07) is 8.52. The first-order valence-electron chi connectivity index (χ1n) is 9.46. The van der Waals surface area contributed by atoms with Crippen molar-refractivity contribution in [2.45, 2.75) is 58.0 Å². The Bertz CT molecular complexity index is 759. The molecule has 1 aliphatic carbocycles. The molecule has 138 valence electrons. The van der Waals surface area contributed by atoms with Gasteiger partial charge >= 0.3 is 0 Å². The first kappa shape index (κ1) is 18.5. The van der Waals surface area contributed by atoms with Crippen molar-refractivity contribution >= 4 is 5.91 Å². The molecular formula is C21H28N4O. The Morgan fingerprint density at radius 1 is 1.27 bits per heavy atom. The standard InChI is InChI=1S/C21H28N4O/c1-15(2)17-8-5-11-23-18(17)14-25(13-10-20(22)26)19-9-3-6-16-7-4-12-24-21(16)19/h4-5,7-8,11-12,15,19H,3,6,9-10,13-14H2,1-2H3,(H2,22,26)/t19-/m0/s1. The zero-order valence-electron chi connectivity index (χ0n) is 15.7. The third-order valence-corrected chi connectivity index (χ3v) is 5.15. The largest absolute Gasteiger partial charge is 0.370 e. The van der Waals surface area contributed by atoms with E-state index >= 15 is 0 Å². The fourth-order valence-corrected chi connectivity index (χ4v) is 3.84. The first-order valence-corrected chi connectivity index (χ1v) is 9.46. The van der Waals surface area contributed by atoms with Crippen LogP contribution in [0.3, 0.4) is 0 Å². The Morgan fingerprint density at radius 2 is 2.04 bits per heavy atom. The molecule has 0 aliphatic heterocycles. The Balaban J connectivity index is 1.91. The molecule has 5 heteroatoms. The second-order valence-electron chi connectivity index (χ2n) is 7.34. The monoisotopic (exact) mass is 352 g/mol. The molecule has 1 aliphatic rings. The number of carbonyl (C=O) groups is 1. The van der Waals surface area contributed by atoms with E-state index in [1.165, 1.54) is 11.1 Å². The molecule has 0 radical (unpaired) electrons. The highest BCUT2D eigenvalue weighted by Crippen LogP contribution is 2.34. The number of aryl methyl sites for hydroxylation is 1. The van der Waals surface area contributed by atoms with Crippen LogP contribution in [0.4, 0.5) is 0 Å². The molecule has 0 saturated carbocycles. The zero-order chi connectivity index (χ0) is 18.5. The number of aromatic nitrogens is 2. The molecule has 2 aromatic heterocycles. The topological polar surface area (TPSA) is 72.1 Å². The van der Waals surface area contributed by atoms with Crippen molar-refractivity contribution in [3.8, 4) is 0 Å². The molecule has 0 fully saturated rings. The van der Waals surface area contributed by atoms with E-state index < -0.39 is 0 Å². The Labute approximate surface area is 155 Å². The average molecular weight is 352 g/mol. The van der Waals surface area contributed by atoms with E-state index in [1.807, 2.05) is 24.5 Å². The van der Waals surface area contributed by atoms with Gasteiger partial charge in [0.15, 0.2) is 0 Å². The van der Waals surface area contributed by atoms with Crippen LogP contribution in [0, 0.1) is 0 Å². The van der Waals surface area contributed by atoms with Crippen LogP contribution in [0.25, 0.3) is 0 Å². The van der Waals surface area contributed by atoms with Crippen molar-refractivity contribution in [3.05, 3.63) is 59.2 Å². The lowest BCUT2D eigenvalue weighted by molar-refractivity contribution is -0.118. The van der Waals surface area contributed by atoms with Crippen molar-refractivity contribution < 1.29 is 4.79 Å². The van der Waals surface area contributed by atoms with Gasteiger partial charge in [0.1, 0.15) is 0 Å². The highest BCUT2D eigenvalue weighted by molar-refractivity contribution is 5.73. The molecule has 2 aromatic rings. The Hall–Kier alpha value is -2.27. The normalized spacial score (nSPS) is 16.7. The van der Waals surface area contributed by atoms with Gasteiger partial charge in [-0.2, -0.15) is 0 Å². The van der Waals surface area contributed by atoms with Crippen molar-refractivity contribution in [2.24, 2.45) is 5.73 Å². The van der Waals surface area contributed by atoms with Crippen LogP contribution >= 0.6 is 0 Å². The summed E-state index contributed by atoms with van der Waals surface area (Å²) in [6.07, 6.45) is 7.32. The molecule has 26 heavy (non-hydrogen) atoms. The van der Waals surface area contributed by atoms with Crippen LogP contribution in [0.1, 0.15) is 67.6 Å². The lowest BCUT2D eigenvalue weighted by atomic mass is 9.90. The van der Waals surface area contributed by atoms with E-state index in [4.69, 9.17) is 5.73 Å². The van der Waals surface area contributed by atoms with Gasteiger partial charge in [0.2, 0.25) is 5.91 Å². The summed E-state index contributed by atoms with van der Waals surface area (Å²) in [5.74, 6) is 0.144. The van der Waals surface area contributed by atoms with E-state index in [9.17, 15) is 4.79 Å². The van der Waals surface area contributed by atoms with E-state index in [-0.39, 0.29) is 11.9 Å². The van der Waals surface area contributed by atoms with E-state index in [0.717, 1.165) is 30.7 Å². The van der Waals surface area contributed by atoms with Crippen LogP contribution in [0.5, 0.6) is 0 Å². The molecule has 0 bridgehead atoms. The fraction of sp³-hybridized carbons (Fsp3) is 0.476. The summed E-state index contributed by atoms with van der Waals surface area (Å²) in [6.45, 7) is 5.71. The summed E-state index contributed by atoms with van der Waals surface area (Å²) >= 11 is 0. The molecule has 0 spiro atoms. The van der Waals surface area contributed by atoms with Crippen molar-refractivity contribution in [1.29, 1.82) is 0 Å². The minimum absolute atomic E-state index is 0.210. The van der Waals surface area contributed by atoms with Gasteiger partial charge in [0.25, 0.3) is 0 Å². The van der Waals surface area contributed by atoms with Crippen molar-refractivity contribution in [3.63, 3.8) is 0 Å². The van der Waals surface area contributed by atoms with Gasteiger partial charge in [-0.1, -0.05) is 26.0 Å². The molecule has 0 saturated heterocycles. The third kappa shape index (κ3) is 4.28. The van der Waals surface area contributed by atoms with Gasteiger partial charge in [0, 0.05) is 31.9 Å². The highest BCUT2D eigenvalue weighted by Gasteiger charge is 2.28. The molecule has 1 amide bonds. The summed E-state index contributed by atoms with van der Waals surface area (Å²) in [5.41, 5.74) is 10.2. The first-order chi connectivity index (χ1) is 12.6. The Kier molecular flexibility index (Phi) is 5.99. The molecule has 0 unspecified atom stereocenters. The number of amides is 1. The third-order valence-electron chi connectivity index (χ3n) is 5.15. The van der Waals surface area contributed by atoms with Gasteiger partial charge in [-0.25, -0.2) is 0 Å². The number of hydrogen-bond donors (Lipinski definition) is 1. The number of fused-ring (bicyclic) bond motifs is 1. The maximum Gasteiger partial charge on any atom is 0.218 e. The van der Waals surface area contributed by atoms with Gasteiger partial charge in [-0.3, -0.25) is 19.7 Å². The molecule has 2 heterocycles. The van der Waals surface area contributed by atoms with E-state index in [2.05, 4.69) is 40.8 Å². The number of rotatable bonds is 7. The van der Waals surface area contributed by atoms with Gasteiger partial charge in [-0.05, 0) is 48.4 Å². The predicted molar refractivity (Wildman–Crippen MR) is 102 cm³/mol. The van der Waals surface area contributed by atoms with E-state index in [1.54, 1.807) is 0 Å². The molecule has 5 nitrogen and oxygen atoms in total. The number of hydrogen-bond acceptors (Lipinski definition) is 4. The summed E-state index contributed by atoms with van der Waals surface area (Å²) < 4.78 is 0. The van der Waals surface area contributed by atoms with E-state index in [0.29, 0.717) is 25.4 Å². The van der Waals surface area contributed by atoms with Crippen LogP contribution < -0.4 is 5.73 Å².